The van der Waals surface area contributed by atoms with E-state index in [1.807, 2.05) is 17.9 Å². The maximum Gasteiger partial charge on any atom is 0.317 e. The Bertz CT molecular complexity index is 626. The molecule has 1 aromatic carbocycles. The van der Waals surface area contributed by atoms with E-state index in [4.69, 9.17) is 0 Å². The summed E-state index contributed by atoms with van der Waals surface area (Å²) in [5.74, 6) is 0.0579. The largest absolute Gasteiger partial charge is 0.342 e. The standard InChI is InChI=1S/C21H32FN3O2/c1-4-17(5-2)20(26)25-12-10-19(11-13-25)23-21(27)24(6-3)15-16-8-7-9-18(22)14-16/h7-9,14,17,19H,4-6,10-13,15H2,1-3H3,(H,23,27). The lowest BCUT2D eigenvalue weighted by molar-refractivity contribution is -0.136. The zero-order valence-corrected chi connectivity index (χ0v) is 16.7. The first kappa shape index (κ1) is 21.2. The molecule has 1 saturated heterocycles. The number of urea groups is 1. The maximum atomic E-state index is 13.4. The summed E-state index contributed by atoms with van der Waals surface area (Å²) in [6, 6.07) is 6.27. The van der Waals surface area contributed by atoms with Gasteiger partial charge in [-0.05, 0) is 50.3 Å². The Morgan fingerprint density at radius 1 is 1.22 bits per heavy atom. The molecular formula is C21H32FN3O2. The summed E-state index contributed by atoms with van der Waals surface area (Å²) in [5.41, 5.74) is 0.776. The molecule has 0 spiro atoms. The highest BCUT2D eigenvalue weighted by molar-refractivity contribution is 5.79. The van der Waals surface area contributed by atoms with Gasteiger partial charge in [-0.1, -0.05) is 26.0 Å². The minimum atomic E-state index is -0.293. The van der Waals surface area contributed by atoms with Crippen molar-refractivity contribution >= 4 is 11.9 Å². The average molecular weight is 378 g/mol. The normalized spacial score (nSPS) is 15.1. The summed E-state index contributed by atoms with van der Waals surface area (Å²) in [5, 5.41) is 3.08. The summed E-state index contributed by atoms with van der Waals surface area (Å²) >= 11 is 0. The van der Waals surface area contributed by atoms with E-state index in [-0.39, 0.29) is 29.7 Å². The molecule has 0 bridgehead atoms. The van der Waals surface area contributed by atoms with Crippen LogP contribution < -0.4 is 5.32 Å². The summed E-state index contributed by atoms with van der Waals surface area (Å²) in [4.78, 5) is 28.7. The smallest absolute Gasteiger partial charge is 0.317 e. The number of nitrogens with zero attached hydrogens (tertiary/aromatic N) is 2. The van der Waals surface area contributed by atoms with Crippen molar-refractivity contribution in [3.8, 4) is 0 Å². The van der Waals surface area contributed by atoms with Crippen LogP contribution in [0.1, 0.15) is 52.0 Å². The molecule has 0 aromatic heterocycles. The van der Waals surface area contributed by atoms with E-state index >= 15 is 0 Å². The van der Waals surface area contributed by atoms with E-state index in [0.717, 1.165) is 31.2 Å². The second-order valence-corrected chi connectivity index (χ2v) is 7.21. The van der Waals surface area contributed by atoms with E-state index in [9.17, 15) is 14.0 Å². The molecule has 1 fully saturated rings. The molecule has 3 amide bonds. The van der Waals surface area contributed by atoms with Crippen LogP contribution in [0.5, 0.6) is 0 Å². The van der Waals surface area contributed by atoms with Gasteiger partial charge in [0.15, 0.2) is 0 Å². The van der Waals surface area contributed by atoms with Crippen molar-refractivity contribution in [1.29, 1.82) is 0 Å². The van der Waals surface area contributed by atoms with Gasteiger partial charge in [0.05, 0.1) is 0 Å². The molecule has 150 valence electrons. The van der Waals surface area contributed by atoms with Crippen LogP contribution in [0.15, 0.2) is 24.3 Å². The lowest BCUT2D eigenvalue weighted by atomic mass is 9.98. The minimum Gasteiger partial charge on any atom is -0.342 e. The molecule has 0 unspecified atom stereocenters. The molecule has 1 aliphatic rings. The number of carbonyl (C=O) groups excluding carboxylic acids is 2. The molecule has 1 N–H and O–H groups in total. The molecule has 0 aliphatic carbocycles. The van der Waals surface area contributed by atoms with Gasteiger partial charge in [0, 0.05) is 38.1 Å². The molecule has 27 heavy (non-hydrogen) atoms. The van der Waals surface area contributed by atoms with Crippen LogP contribution in [-0.4, -0.2) is 47.4 Å². The summed E-state index contributed by atoms with van der Waals surface area (Å²) in [6.45, 7) is 8.33. The Balaban J connectivity index is 1.84. The van der Waals surface area contributed by atoms with Crippen molar-refractivity contribution in [3.05, 3.63) is 35.6 Å². The topological polar surface area (TPSA) is 52.7 Å². The quantitative estimate of drug-likeness (QED) is 0.786. The molecule has 1 aliphatic heterocycles. The number of benzene rings is 1. The van der Waals surface area contributed by atoms with E-state index in [0.29, 0.717) is 26.2 Å². The maximum absolute atomic E-state index is 13.4. The van der Waals surface area contributed by atoms with Gasteiger partial charge < -0.3 is 15.1 Å². The van der Waals surface area contributed by atoms with Crippen molar-refractivity contribution in [3.63, 3.8) is 0 Å². The predicted octanol–water partition coefficient (Wildman–Crippen LogP) is 3.78. The van der Waals surface area contributed by atoms with Gasteiger partial charge in [-0.2, -0.15) is 0 Å². The fourth-order valence-electron chi connectivity index (χ4n) is 3.59. The Labute approximate surface area is 161 Å². The van der Waals surface area contributed by atoms with Gasteiger partial charge in [0.25, 0.3) is 0 Å². The number of piperidine rings is 1. The fourth-order valence-corrected chi connectivity index (χ4v) is 3.59. The van der Waals surface area contributed by atoms with Crippen molar-refractivity contribution < 1.29 is 14.0 Å². The molecule has 1 heterocycles. The van der Waals surface area contributed by atoms with Gasteiger partial charge in [-0.25, -0.2) is 9.18 Å². The Kier molecular flexibility index (Phi) is 8.07. The molecule has 6 heteroatoms. The van der Waals surface area contributed by atoms with Crippen molar-refractivity contribution in [2.24, 2.45) is 5.92 Å². The van der Waals surface area contributed by atoms with Crippen molar-refractivity contribution in [2.45, 2.75) is 59.0 Å². The minimum absolute atomic E-state index is 0.0739. The van der Waals surface area contributed by atoms with Gasteiger partial charge in [-0.15, -0.1) is 0 Å². The third kappa shape index (κ3) is 5.94. The van der Waals surface area contributed by atoms with E-state index in [2.05, 4.69) is 19.2 Å². The Morgan fingerprint density at radius 3 is 2.44 bits per heavy atom. The highest BCUT2D eigenvalue weighted by atomic mass is 19.1. The number of hydrogen-bond donors (Lipinski definition) is 1. The fraction of sp³-hybridized carbons (Fsp3) is 0.619. The van der Waals surface area contributed by atoms with Gasteiger partial charge in [0.1, 0.15) is 5.82 Å². The number of hydrogen-bond acceptors (Lipinski definition) is 2. The highest BCUT2D eigenvalue weighted by Gasteiger charge is 2.27. The van der Waals surface area contributed by atoms with E-state index in [1.54, 1.807) is 11.0 Å². The number of halogens is 1. The van der Waals surface area contributed by atoms with Gasteiger partial charge >= 0.3 is 6.03 Å². The Hall–Kier alpha value is -2.11. The summed E-state index contributed by atoms with van der Waals surface area (Å²) in [7, 11) is 0. The highest BCUT2D eigenvalue weighted by Crippen LogP contribution is 2.18. The zero-order chi connectivity index (χ0) is 19.8. The number of amides is 3. The van der Waals surface area contributed by atoms with Crippen LogP contribution >= 0.6 is 0 Å². The van der Waals surface area contributed by atoms with E-state index < -0.39 is 0 Å². The van der Waals surface area contributed by atoms with Gasteiger partial charge in [0.2, 0.25) is 5.91 Å². The number of nitrogens with one attached hydrogen (secondary N) is 1. The van der Waals surface area contributed by atoms with Crippen LogP contribution in [0.3, 0.4) is 0 Å². The van der Waals surface area contributed by atoms with Crippen LogP contribution in [0, 0.1) is 11.7 Å². The first-order valence-corrected chi connectivity index (χ1v) is 10.1. The van der Waals surface area contributed by atoms with E-state index in [1.165, 1.54) is 12.1 Å². The number of rotatable bonds is 7. The third-order valence-corrected chi connectivity index (χ3v) is 5.40. The first-order chi connectivity index (χ1) is 13.0. The van der Waals surface area contributed by atoms with Crippen LogP contribution in [0.25, 0.3) is 0 Å². The molecule has 0 saturated carbocycles. The van der Waals surface area contributed by atoms with Gasteiger partial charge in [-0.3, -0.25) is 4.79 Å². The second-order valence-electron chi connectivity index (χ2n) is 7.21. The molecule has 5 nitrogen and oxygen atoms in total. The molecule has 1 aromatic rings. The number of likely N-dealkylation sites (tertiary alicyclic amines) is 1. The molecular weight excluding hydrogens is 345 g/mol. The van der Waals surface area contributed by atoms with Crippen LogP contribution in [-0.2, 0) is 11.3 Å². The molecule has 0 radical (unpaired) electrons. The second kappa shape index (κ2) is 10.3. The lowest BCUT2D eigenvalue weighted by Crippen LogP contribution is -2.50. The number of carbonyl (C=O) groups is 2. The first-order valence-electron chi connectivity index (χ1n) is 10.1. The Morgan fingerprint density at radius 2 is 1.89 bits per heavy atom. The lowest BCUT2D eigenvalue weighted by Gasteiger charge is -2.35. The summed E-state index contributed by atoms with van der Waals surface area (Å²) in [6.07, 6.45) is 3.29. The molecule has 2 rings (SSSR count). The molecule has 0 atom stereocenters. The van der Waals surface area contributed by atoms with Crippen molar-refractivity contribution in [1.82, 2.24) is 15.1 Å². The zero-order valence-electron chi connectivity index (χ0n) is 16.7. The van der Waals surface area contributed by atoms with Crippen LogP contribution in [0.2, 0.25) is 0 Å². The monoisotopic (exact) mass is 377 g/mol. The third-order valence-electron chi connectivity index (χ3n) is 5.40. The SMILES string of the molecule is CCC(CC)C(=O)N1CCC(NC(=O)N(CC)Cc2cccc(F)c2)CC1. The van der Waals surface area contributed by atoms with Crippen LogP contribution in [0.4, 0.5) is 9.18 Å². The van der Waals surface area contributed by atoms with Crippen molar-refractivity contribution in [2.75, 3.05) is 19.6 Å². The summed E-state index contributed by atoms with van der Waals surface area (Å²) < 4.78 is 13.4. The average Bonchev–Trinajstić information content (AvgIpc) is 2.67. The predicted molar refractivity (Wildman–Crippen MR) is 105 cm³/mol.